The Morgan fingerprint density at radius 3 is 2.76 bits per heavy atom. The average molecular weight is 342 g/mol. The van der Waals surface area contributed by atoms with Gasteiger partial charge < -0.3 is 9.32 Å². The van der Waals surface area contributed by atoms with Gasteiger partial charge in [-0.25, -0.2) is 9.48 Å². The molecule has 0 saturated heterocycles. The molecule has 0 spiro atoms. The number of benzene rings is 1. The van der Waals surface area contributed by atoms with Crippen molar-refractivity contribution in [1.82, 2.24) is 19.2 Å². The maximum Gasteiger partial charge on any atom is 0.345 e. The molecular weight excluding hydrogens is 320 g/mol. The van der Waals surface area contributed by atoms with E-state index in [1.807, 2.05) is 44.2 Å². The highest BCUT2D eigenvalue weighted by Crippen LogP contribution is 2.27. The third-order valence-corrected chi connectivity index (χ3v) is 4.28. The molecule has 3 rings (SSSR count). The van der Waals surface area contributed by atoms with Crippen LogP contribution in [0.25, 0.3) is 11.0 Å². The van der Waals surface area contributed by atoms with Crippen LogP contribution in [-0.4, -0.2) is 31.7 Å². The first-order valence-corrected chi connectivity index (χ1v) is 8.37. The summed E-state index contributed by atoms with van der Waals surface area (Å²) in [7, 11) is 1.61. The van der Waals surface area contributed by atoms with Gasteiger partial charge in [-0.1, -0.05) is 25.1 Å². The molecule has 0 bridgehead atoms. The first kappa shape index (κ1) is 17.0. The first-order valence-electron chi connectivity index (χ1n) is 8.37. The summed E-state index contributed by atoms with van der Waals surface area (Å²) >= 11 is 0. The molecule has 0 radical (unpaired) electrons. The molecule has 0 saturated carbocycles. The molecule has 132 valence electrons. The number of carbonyl (C=O) groups is 1. The Balaban J connectivity index is 1.84. The van der Waals surface area contributed by atoms with E-state index in [1.54, 1.807) is 11.9 Å². The first-order chi connectivity index (χ1) is 12.0. The van der Waals surface area contributed by atoms with Crippen molar-refractivity contribution in [2.45, 2.75) is 32.9 Å². The van der Waals surface area contributed by atoms with Crippen LogP contribution in [0.15, 0.2) is 45.9 Å². The number of para-hydroxylation sites is 1. The fourth-order valence-electron chi connectivity index (χ4n) is 2.89. The highest BCUT2D eigenvalue weighted by Gasteiger charge is 2.24. The zero-order chi connectivity index (χ0) is 18.0. The van der Waals surface area contributed by atoms with Crippen LogP contribution in [0.3, 0.4) is 0 Å². The third kappa shape index (κ3) is 3.35. The highest BCUT2D eigenvalue weighted by molar-refractivity contribution is 5.79. The van der Waals surface area contributed by atoms with E-state index in [1.165, 1.54) is 15.6 Å². The van der Waals surface area contributed by atoms with E-state index >= 15 is 0 Å². The van der Waals surface area contributed by atoms with Gasteiger partial charge in [0.05, 0.1) is 6.04 Å². The van der Waals surface area contributed by atoms with Crippen LogP contribution in [0.1, 0.15) is 32.1 Å². The number of hydrogen-bond acceptors (Lipinski definition) is 4. The molecule has 25 heavy (non-hydrogen) atoms. The van der Waals surface area contributed by atoms with E-state index in [2.05, 4.69) is 5.10 Å². The van der Waals surface area contributed by atoms with Crippen molar-refractivity contribution < 1.29 is 9.21 Å². The van der Waals surface area contributed by atoms with Crippen LogP contribution in [0.2, 0.25) is 0 Å². The van der Waals surface area contributed by atoms with Gasteiger partial charge in [-0.05, 0) is 25.5 Å². The van der Waals surface area contributed by atoms with Gasteiger partial charge in [0, 0.05) is 19.0 Å². The van der Waals surface area contributed by atoms with Crippen molar-refractivity contribution in [3.8, 4) is 0 Å². The number of furan rings is 1. The summed E-state index contributed by atoms with van der Waals surface area (Å²) in [6, 6.07) is 9.50. The molecule has 1 amide bonds. The minimum atomic E-state index is -0.304. The molecule has 1 aromatic carbocycles. The molecule has 7 heteroatoms. The molecule has 0 aliphatic carbocycles. The molecule has 0 aliphatic rings. The molecular formula is C18H22N4O3. The standard InChI is InChI=1S/C18H22N4O3/c1-4-9-21(17(23)11-22-18(24)20(3)12-19-22)13(2)16-10-14-7-5-6-8-15(14)25-16/h5-8,10,12-13H,4,9,11H2,1-3H3. The Hall–Kier alpha value is -2.83. The van der Waals surface area contributed by atoms with Gasteiger partial charge in [-0.3, -0.25) is 9.36 Å². The van der Waals surface area contributed by atoms with Crippen molar-refractivity contribution in [3.63, 3.8) is 0 Å². The summed E-state index contributed by atoms with van der Waals surface area (Å²) < 4.78 is 8.43. The van der Waals surface area contributed by atoms with Crippen LogP contribution in [-0.2, 0) is 18.4 Å². The second-order valence-electron chi connectivity index (χ2n) is 6.13. The Morgan fingerprint density at radius 1 is 1.36 bits per heavy atom. The summed E-state index contributed by atoms with van der Waals surface area (Å²) in [4.78, 5) is 26.4. The predicted molar refractivity (Wildman–Crippen MR) is 94.1 cm³/mol. The normalized spacial score (nSPS) is 12.4. The van der Waals surface area contributed by atoms with E-state index in [4.69, 9.17) is 4.42 Å². The minimum absolute atomic E-state index is 0.0791. The molecule has 3 aromatic rings. The lowest BCUT2D eigenvalue weighted by Crippen LogP contribution is -2.39. The number of rotatable bonds is 6. The summed E-state index contributed by atoms with van der Waals surface area (Å²) in [5.74, 6) is 0.576. The average Bonchev–Trinajstić information content (AvgIpc) is 3.17. The molecule has 1 unspecified atom stereocenters. The van der Waals surface area contributed by atoms with E-state index < -0.39 is 0 Å². The largest absolute Gasteiger partial charge is 0.459 e. The summed E-state index contributed by atoms with van der Waals surface area (Å²) in [5.41, 5.74) is 0.496. The van der Waals surface area contributed by atoms with Crippen LogP contribution < -0.4 is 5.69 Å². The van der Waals surface area contributed by atoms with Gasteiger partial charge in [-0.15, -0.1) is 0 Å². The SMILES string of the molecule is CCCN(C(=O)Cn1ncn(C)c1=O)C(C)c1cc2ccccc2o1. The minimum Gasteiger partial charge on any atom is -0.459 e. The van der Waals surface area contributed by atoms with Gasteiger partial charge in [0.1, 0.15) is 24.2 Å². The Morgan fingerprint density at radius 2 is 2.12 bits per heavy atom. The summed E-state index contributed by atoms with van der Waals surface area (Å²) in [5, 5.41) is 4.97. The van der Waals surface area contributed by atoms with Gasteiger partial charge >= 0.3 is 5.69 Å². The van der Waals surface area contributed by atoms with Gasteiger partial charge in [0.25, 0.3) is 0 Å². The van der Waals surface area contributed by atoms with Crippen molar-refractivity contribution >= 4 is 16.9 Å². The molecule has 2 heterocycles. The zero-order valence-electron chi connectivity index (χ0n) is 14.7. The second kappa shape index (κ2) is 6.96. The predicted octanol–water partition coefficient (Wildman–Crippen LogP) is 2.33. The maximum absolute atomic E-state index is 12.8. The number of hydrogen-bond donors (Lipinski definition) is 0. The smallest absolute Gasteiger partial charge is 0.345 e. The Kier molecular flexibility index (Phi) is 4.74. The number of aromatic nitrogens is 3. The number of carbonyl (C=O) groups excluding carboxylic acids is 1. The maximum atomic E-state index is 12.8. The fraction of sp³-hybridized carbons (Fsp3) is 0.389. The van der Waals surface area contributed by atoms with E-state index in [-0.39, 0.29) is 24.2 Å². The second-order valence-corrected chi connectivity index (χ2v) is 6.13. The number of aryl methyl sites for hydroxylation is 1. The fourth-order valence-corrected chi connectivity index (χ4v) is 2.89. The van der Waals surface area contributed by atoms with Crippen LogP contribution in [0.4, 0.5) is 0 Å². The van der Waals surface area contributed by atoms with Gasteiger partial charge in [0.2, 0.25) is 5.91 Å². The van der Waals surface area contributed by atoms with Crippen molar-refractivity contribution in [2.24, 2.45) is 7.05 Å². The Labute approximate surface area is 145 Å². The van der Waals surface area contributed by atoms with Crippen LogP contribution >= 0.6 is 0 Å². The van der Waals surface area contributed by atoms with Crippen LogP contribution in [0.5, 0.6) is 0 Å². The monoisotopic (exact) mass is 342 g/mol. The lowest BCUT2D eigenvalue weighted by atomic mass is 10.2. The quantitative estimate of drug-likeness (QED) is 0.689. The van der Waals surface area contributed by atoms with Crippen molar-refractivity contribution in [3.05, 3.63) is 52.9 Å². The van der Waals surface area contributed by atoms with Gasteiger partial charge in [-0.2, -0.15) is 5.10 Å². The van der Waals surface area contributed by atoms with Gasteiger partial charge in [0.15, 0.2) is 0 Å². The number of nitrogens with zero attached hydrogens (tertiary/aromatic N) is 4. The molecule has 1 atom stereocenters. The highest BCUT2D eigenvalue weighted by atomic mass is 16.3. The topological polar surface area (TPSA) is 73.3 Å². The molecule has 2 aromatic heterocycles. The zero-order valence-corrected chi connectivity index (χ0v) is 14.7. The van der Waals surface area contributed by atoms with E-state index in [9.17, 15) is 9.59 Å². The van der Waals surface area contributed by atoms with E-state index in [0.29, 0.717) is 6.54 Å². The molecule has 7 nitrogen and oxygen atoms in total. The number of fused-ring (bicyclic) bond motifs is 1. The van der Waals surface area contributed by atoms with Crippen molar-refractivity contribution in [2.75, 3.05) is 6.54 Å². The van der Waals surface area contributed by atoms with E-state index in [0.717, 1.165) is 23.2 Å². The molecule has 0 fully saturated rings. The third-order valence-electron chi connectivity index (χ3n) is 4.28. The summed E-state index contributed by atoms with van der Waals surface area (Å²) in [6.07, 6.45) is 2.22. The lowest BCUT2D eigenvalue weighted by molar-refractivity contribution is -0.134. The summed E-state index contributed by atoms with van der Waals surface area (Å²) in [6.45, 7) is 4.45. The molecule has 0 aliphatic heterocycles. The van der Waals surface area contributed by atoms with Crippen LogP contribution in [0, 0.1) is 0 Å². The van der Waals surface area contributed by atoms with Crippen molar-refractivity contribution in [1.29, 1.82) is 0 Å². The molecule has 0 N–H and O–H groups in total. The Bertz CT molecular complexity index is 904. The number of amides is 1. The lowest BCUT2D eigenvalue weighted by Gasteiger charge is -2.27.